The fourth-order valence-corrected chi connectivity index (χ4v) is 2.42. The fourth-order valence-electron chi connectivity index (χ4n) is 2.42. The minimum atomic E-state index is 0.248. The lowest BCUT2D eigenvalue weighted by atomic mass is 10.2. The number of aromatic nitrogens is 2. The third kappa shape index (κ3) is 1.45. The molecule has 3 rings (SSSR count). The van der Waals surface area contributed by atoms with Gasteiger partial charge in [0.2, 0.25) is 0 Å². The van der Waals surface area contributed by atoms with E-state index < -0.39 is 0 Å². The Morgan fingerprint density at radius 2 is 2.00 bits per heavy atom. The highest BCUT2D eigenvalue weighted by Crippen LogP contribution is 2.41. The van der Waals surface area contributed by atoms with Crippen LogP contribution in [0.4, 0.5) is 17.2 Å². The van der Waals surface area contributed by atoms with E-state index >= 15 is 0 Å². The molecule has 3 heterocycles. The largest absolute Gasteiger partial charge is 0.351 e. The van der Waals surface area contributed by atoms with Crippen LogP contribution < -0.4 is 9.80 Å². The molecular formula is C14H16N4. The summed E-state index contributed by atoms with van der Waals surface area (Å²) in [5.41, 5.74) is 3.49. The van der Waals surface area contributed by atoms with Crippen LogP contribution in [0.1, 0.15) is 12.5 Å². The lowest BCUT2D eigenvalue weighted by Crippen LogP contribution is -2.36. The maximum Gasteiger partial charge on any atom is 0.158 e. The molecule has 0 unspecified atom stereocenters. The summed E-state index contributed by atoms with van der Waals surface area (Å²) < 4.78 is 0. The maximum atomic E-state index is 4.52. The van der Waals surface area contributed by atoms with Crippen molar-refractivity contribution in [1.29, 1.82) is 0 Å². The van der Waals surface area contributed by atoms with Crippen molar-refractivity contribution in [3.63, 3.8) is 0 Å². The first kappa shape index (κ1) is 11.0. The van der Waals surface area contributed by atoms with Gasteiger partial charge in [-0.15, -0.1) is 0 Å². The van der Waals surface area contributed by atoms with Gasteiger partial charge in [0.1, 0.15) is 6.17 Å². The zero-order valence-corrected chi connectivity index (χ0v) is 10.8. The van der Waals surface area contributed by atoms with Crippen LogP contribution in [0.2, 0.25) is 0 Å². The molecule has 0 aromatic carbocycles. The monoisotopic (exact) mass is 240 g/mol. The zero-order chi connectivity index (χ0) is 12.7. The molecule has 0 spiro atoms. The lowest BCUT2D eigenvalue weighted by Gasteiger charge is -2.27. The molecule has 0 fully saturated rings. The standard InChI is InChI=1S/C14H16N4/c1-10-6-8-15-9-13(10)18-11(2)17(3)12-5-4-7-16-14(12)18/h4-9,11H,1-3H3/t11-/m0/s1. The Morgan fingerprint density at radius 3 is 2.78 bits per heavy atom. The zero-order valence-electron chi connectivity index (χ0n) is 10.8. The topological polar surface area (TPSA) is 32.3 Å². The molecule has 0 saturated carbocycles. The minimum Gasteiger partial charge on any atom is -0.351 e. The van der Waals surface area contributed by atoms with E-state index in [1.165, 1.54) is 5.56 Å². The van der Waals surface area contributed by atoms with Gasteiger partial charge in [-0.1, -0.05) is 0 Å². The van der Waals surface area contributed by atoms with Crippen molar-refractivity contribution in [2.75, 3.05) is 16.8 Å². The summed E-state index contributed by atoms with van der Waals surface area (Å²) in [4.78, 5) is 13.2. The van der Waals surface area contributed by atoms with Gasteiger partial charge in [-0.2, -0.15) is 0 Å². The highest BCUT2D eigenvalue weighted by Gasteiger charge is 2.33. The molecule has 0 bridgehead atoms. The summed E-state index contributed by atoms with van der Waals surface area (Å²) in [5, 5.41) is 0. The smallest absolute Gasteiger partial charge is 0.158 e. The summed E-state index contributed by atoms with van der Waals surface area (Å²) in [6, 6.07) is 6.11. The van der Waals surface area contributed by atoms with Gasteiger partial charge in [-0.05, 0) is 37.6 Å². The number of aryl methyl sites for hydroxylation is 1. The second kappa shape index (κ2) is 3.98. The lowest BCUT2D eigenvalue weighted by molar-refractivity contribution is 0.728. The van der Waals surface area contributed by atoms with Crippen molar-refractivity contribution in [3.8, 4) is 0 Å². The number of hydrogen-bond donors (Lipinski definition) is 0. The Bertz CT molecular complexity index is 582. The van der Waals surface area contributed by atoms with Gasteiger partial charge < -0.3 is 9.80 Å². The van der Waals surface area contributed by atoms with Gasteiger partial charge >= 0.3 is 0 Å². The molecule has 0 aliphatic carbocycles. The van der Waals surface area contributed by atoms with Crippen LogP contribution in [-0.4, -0.2) is 23.2 Å². The first-order chi connectivity index (χ1) is 8.70. The maximum absolute atomic E-state index is 4.52. The van der Waals surface area contributed by atoms with Crippen LogP contribution in [0.5, 0.6) is 0 Å². The molecule has 2 aromatic rings. The molecule has 4 heteroatoms. The Labute approximate surface area is 107 Å². The molecule has 1 atom stereocenters. The summed E-state index contributed by atoms with van der Waals surface area (Å²) in [6.45, 7) is 4.28. The van der Waals surface area contributed by atoms with Gasteiger partial charge in [0.05, 0.1) is 17.6 Å². The highest BCUT2D eigenvalue weighted by atomic mass is 15.4. The van der Waals surface area contributed by atoms with Gasteiger partial charge in [0.25, 0.3) is 0 Å². The van der Waals surface area contributed by atoms with Crippen molar-refractivity contribution in [2.45, 2.75) is 20.0 Å². The van der Waals surface area contributed by atoms with Crippen LogP contribution in [0.25, 0.3) is 0 Å². The third-order valence-electron chi connectivity index (χ3n) is 3.58. The van der Waals surface area contributed by atoms with Crippen LogP contribution >= 0.6 is 0 Å². The molecular weight excluding hydrogens is 224 g/mol. The van der Waals surface area contributed by atoms with Crippen molar-refractivity contribution in [3.05, 3.63) is 42.4 Å². The number of pyridine rings is 2. The van der Waals surface area contributed by atoms with E-state index in [1.54, 1.807) is 0 Å². The number of anilines is 3. The normalized spacial score (nSPS) is 18.1. The number of nitrogens with zero attached hydrogens (tertiary/aromatic N) is 4. The summed E-state index contributed by atoms with van der Waals surface area (Å²) in [7, 11) is 2.09. The Morgan fingerprint density at radius 1 is 1.17 bits per heavy atom. The summed E-state index contributed by atoms with van der Waals surface area (Å²) >= 11 is 0. The van der Waals surface area contributed by atoms with Crippen LogP contribution in [0.15, 0.2) is 36.8 Å². The van der Waals surface area contributed by atoms with Gasteiger partial charge in [-0.25, -0.2) is 4.98 Å². The first-order valence-corrected chi connectivity index (χ1v) is 6.08. The second-order valence-electron chi connectivity index (χ2n) is 4.62. The van der Waals surface area contributed by atoms with E-state index in [1.807, 2.05) is 30.7 Å². The minimum absolute atomic E-state index is 0.248. The van der Waals surface area contributed by atoms with Crippen molar-refractivity contribution in [2.24, 2.45) is 0 Å². The SMILES string of the molecule is Cc1ccncc1N1c2ncccc2N(C)[C@@H]1C. The predicted octanol–water partition coefficient (Wildman–Crippen LogP) is 2.72. The van der Waals surface area contributed by atoms with Crippen molar-refractivity contribution in [1.82, 2.24) is 9.97 Å². The molecule has 0 N–H and O–H groups in total. The number of hydrogen-bond acceptors (Lipinski definition) is 4. The van der Waals surface area contributed by atoms with Crippen LogP contribution in [-0.2, 0) is 0 Å². The molecule has 1 aliphatic heterocycles. The molecule has 2 aromatic heterocycles. The first-order valence-electron chi connectivity index (χ1n) is 6.08. The quantitative estimate of drug-likeness (QED) is 0.767. The molecule has 92 valence electrons. The average Bonchev–Trinajstić information content (AvgIpc) is 2.64. The number of rotatable bonds is 1. The van der Waals surface area contributed by atoms with Crippen LogP contribution in [0, 0.1) is 6.92 Å². The van der Waals surface area contributed by atoms with E-state index in [0.29, 0.717) is 0 Å². The summed E-state index contributed by atoms with van der Waals surface area (Å²) in [5.74, 6) is 1.00. The van der Waals surface area contributed by atoms with E-state index in [4.69, 9.17) is 0 Å². The Kier molecular flexibility index (Phi) is 2.44. The highest BCUT2D eigenvalue weighted by molar-refractivity contribution is 5.80. The van der Waals surface area contributed by atoms with E-state index in [0.717, 1.165) is 17.2 Å². The van der Waals surface area contributed by atoms with E-state index in [9.17, 15) is 0 Å². The predicted molar refractivity (Wildman–Crippen MR) is 73.2 cm³/mol. The molecule has 4 nitrogen and oxygen atoms in total. The van der Waals surface area contributed by atoms with Crippen molar-refractivity contribution < 1.29 is 0 Å². The van der Waals surface area contributed by atoms with E-state index in [-0.39, 0.29) is 6.17 Å². The van der Waals surface area contributed by atoms with E-state index in [2.05, 4.69) is 46.7 Å². The average molecular weight is 240 g/mol. The number of fused-ring (bicyclic) bond motifs is 1. The van der Waals surface area contributed by atoms with Crippen LogP contribution in [0.3, 0.4) is 0 Å². The fraction of sp³-hybridized carbons (Fsp3) is 0.286. The second-order valence-corrected chi connectivity index (χ2v) is 4.62. The van der Waals surface area contributed by atoms with Gasteiger partial charge in [0, 0.05) is 19.4 Å². The van der Waals surface area contributed by atoms with Crippen molar-refractivity contribution >= 4 is 17.2 Å². The molecule has 1 aliphatic rings. The molecule has 18 heavy (non-hydrogen) atoms. The Balaban J connectivity index is 2.16. The Hall–Kier alpha value is -2.10. The molecule has 0 radical (unpaired) electrons. The molecule has 0 saturated heterocycles. The molecule has 0 amide bonds. The van der Waals surface area contributed by atoms with Gasteiger partial charge in [-0.3, -0.25) is 4.98 Å². The third-order valence-corrected chi connectivity index (χ3v) is 3.58. The summed E-state index contributed by atoms with van der Waals surface area (Å²) in [6.07, 6.45) is 5.81. The van der Waals surface area contributed by atoms with Gasteiger partial charge in [0.15, 0.2) is 5.82 Å².